The van der Waals surface area contributed by atoms with Crippen LogP contribution in [0.4, 0.5) is 10.1 Å². The number of hydrogen-bond donors (Lipinski definition) is 1. The topological polar surface area (TPSA) is 29.1 Å². The molecule has 19 heavy (non-hydrogen) atoms. The van der Waals surface area contributed by atoms with Gasteiger partial charge in [0, 0.05) is 0 Å². The number of aryl methyl sites for hydroxylation is 1. The highest BCUT2D eigenvalue weighted by Gasteiger charge is 2.14. The second-order valence-electron chi connectivity index (χ2n) is 4.04. The van der Waals surface area contributed by atoms with E-state index < -0.39 is 11.7 Å². The van der Waals surface area contributed by atoms with Crippen LogP contribution in [0.3, 0.4) is 0 Å². The van der Waals surface area contributed by atoms with Crippen LogP contribution in [-0.2, 0) is 0 Å². The van der Waals surface area contributed by atoms with Gasteiger partial charge in [-0.15, -0.1) is 0 Å². The molecule has 1 N–H and O–H groups in total. The van der Waals surface area contributed by atoms with Crippen LogP contribution in [0.1, 0.15) is 15.9 Å². The van der Waals surface area contributed by atoms with Crippen molar-refractivity contribution in [3.63, 3.8) is 0 Å². The molecule has 98 valence electrons. The summed E-state index contributed by atoms with van der Waals surface area (Å²) in [6.07, 6.45) is 0. The molecule has 0 radical (unpaired) electrons. The third kappa shape index (κ3) is 3.06. The molecular weight excluding hydrogens is 288 g/mol. The zero-order valence-corrected chi connectivity index (χ0v) is 11.5. The third-order valence-electron chi connectivity index (χ3n) is 2.57. The van der Waals surface area contributed by atoms with E-state index in [4.69, 9.17) is 23.2 Å². The van der Waals surface area contributed by atoms with E-state index in [0.717, 1.165) is 5.56 Å². The Morgan fingerprint density at radius 2 is 1.95 bits per heavy atom. The average Bonchev–Trinajstić information content (AvgIpc) is 2.34. The van der Waals surface area contributed by atoms with E-state index in [0.29, 0.717) is 10.7 Å². The molecule has 2 aromatic rings. The highest BCUT2D eigenvalue weighted by atomic mass is 35.5. The molecule has 0 aliphatic carbocycles. The SMILES string of the molecule is Cc1ccc(C(=O)Nc2cccc(Cl)c2Cl)c(F)c1. The van der Waals surface area contributed by atoms with Gasteiger partial charge in [0.25, 0.3) is 5.91 Å². The van der Waals surface area contributed by atoms with E-state index in [1.54, 1.807) is 31.2 Å². The Labute approximate surface area is 120 Å². The molecule has 0 bridgehead atoms. The fraction of sp³-hybridized carbons (Fsp3) is 0.0714. The minimum atomic E-state index is -0.573. The fourth-order valence-corrected chi connectivity index (χ4v) is 1.94. The van der Waals surface area contributed by atoms with Gasteiger partial charge in [-0.25, -0.2) is 4.39 Å². The average molecular weight is 298 g/mol. The number of anilines is 1. The first-order valence-corrected chi connectivity index (χ1v) is 6.26. The van der Waals surface area contributed by atoms with Crippen molar-refractivity contribution in [2.45, 2.75) is 6.92 Å². The molecule has 0 saturated heterocycles. The Kier molecular flexibility index (Phi) is 4.08. The van der Waals surface area contributed by atoms with Crippen LogP contribution in [0.5, 0.6) is 0 Å². The lowest BCUT2D eigenvalue weighted by Crippen LogP contribution is -2.14. The molecule has 0 aliphatic rings. The zero-order valence-electron chi connectivity index (χ0n) is 10.0. The predicted octanol–water partition coefficient (Wildman–Crippen LogP) is 4.69. The lowest BCUT2D eigenvalue weighted by atomic mass is 10.1. The van der Waals surface area contributed by atoms with E-state index in [2.05, 4.69) is 5.32 Å². The summed E-state index contributed by atoms with van der Waals surface area (Å²) in [7, 11) is 0. The van der Waals surface area contributed by atoms with Crippen LogP contribution in [0.15, 0.2) is 36.4 Å². The van der Waals surface area contributed by atoms with Gasteiger partial charge in [-0.05, 0) is 36.8 Å². The largest absolute Gasteiger partial charge is 0.320 e. The second kappa shape index (κ2) is 5.59. The molecule has 0 heterocycles. The molecule has 2 aromatic carbocycles. The molecule has 0 spiro atoms. The van der Waals surface area contributed by atoms with Crippen LogP contribution in [0, 0.1) is 12.7 Å². The summed E-state index contributed by atoms with van der Waals surface area (Å²) in [4.78, 5) is 12.0. The van der Waals surface area contributed by atoms with Gasteiger partial charge in [0.15, 0.2) is 0 Å². The Morgan fingerprint density at radius 3 is 2.63 bits per heavy atom. The molecule has 0 unspecified atom stereocenters. The number of carbonyl (C=O) groups is 1. The Balaban J connectivity index is 2.28. The van der Waals surface area contributed by atoms with E-state index in [1.807, 2.05) is 0 Å². The predicted molar refractivity (Wildman–Crippen MR) is 75.6 cm³/mol. The van der Waals surface area contributed by atoms with E-state index in [9.17, 15) is 9.18 Å². The van der Waals surface area contributed by atoms with Crippen LogP contribution in [0.25, 0.3) is 0 Å². The van der Waals surface area contributed by atoms with Gasteiger partial charge in [0.05, 0.1) is 21.3 Å². The molecular formula is C14H10Cl2FNO. The van der Waals surface area contributed by atoms with Crippen molar-refractivity contribution in [2.24, 2.45) is 0 Å². The smallest absolute Gasteiger partial charge is 0.258 e. The maximum absolute atomic E-state index is 13.7. The molecule has 0 fully saturated rings. The third-order valence-corrected chi connectivity index (χ3v) is 3.39. The lowest BCUT2D eigenvalue weighted by molar-refractivity contribution is 0.102. The van der Waals surface area contributed by atoms with Crippen molar-refractivity contribution < 1.29 is 9.18 Å². The normalized spacial score (nSPS) is 10.3. The molecule has 0 saturated carbocycles. The van der Waals surface area contributed by atoms with Crippen LogP contribution >= 0.6 is 23.2 Å². The number of nitrogens with one attached hydrogen (secondary N) is 1. The number of carbonyl (C=O) groups excluding carboxylic acids is 1. The minimum absolute atomic E-state index is 0.0401. The minimum Gasteiger partial charge on any atom is -0.320 e. The molecule has 2 nitrogen and oxygen atoms in total. The summed E-state index contributed by atoms with van der Waals surface area (Å²) >= 11 is 11.8. The standard InChI is InChI=1S/C14H10Cl2FNO/c1-8-5-6-9(11(17)7-8)14(19)18-12-4-2-3-10(15)13(12)16/h2-7H,1H3,(H,18,19). The van der Waals surface area contributed by atoms with Crippen molar-refractivity contribution >= 4 is 34.8 Å². The molecule has 0 atom stereocenters. The van der Waals surface area contributed by atoms with E-state index in [-0.39, 0.29) is 10.6 Å². The molecule has 2 rings (SSSR count). The summed E-state index contributed by atoms with van der Waals surface area (Å²) in [6, 6.07) is 9.24. The van der Waals surface area contributed by atoms with Crippen LogP contribution in [0.2, 0.25) is 10.0 Å². The van der Waals surface area contributed by atoms with Gasteiger partial charge in [-0.2, -0.15) is 0 Å². The Bertz CT molecular complexity index is 643. The summed E-state index contributed by atoms with van der Waals surface area (Å²) in [5, 5.41) is 3.08. The van der Waals surface area contributed by atoms with Gasteiger partial charge < -0.3 is 5.32 Å². The van der Waals surface area contributed by atoms with Crippen LogP contribution in [-0.4, -0.2) is 5.91 Å². The monoisotopic (exact) mass is 297 g/mol. The number of benzene rings is 2. The number of rotatable bonds is 2. The molecule has 0 aliphatic heterocycles. The molecule has 0 aromatic heterocycles. The first-order valence-electron chi connectivity index (χ1n) is 5.50. The summed E-state index contributed by atoms with van der Waals surface area (Å²) < 4.78 is 13.7. The van der Waals surface area contributed by atoms with Crippen molar-refractivity contribution in [1.82, 2.24) is 0 Å². The van der Waals surface area contributed by atoms with E-state index in [1.165, 1.54) is 12.1 Å². The Hall–Kier alpha value is -1.58. The van der Waals surface area contributed by atoms with Crippen molar-refractivity contribution in [3.8, 4) is 0 Å². The quantitative estimate of drug-likeness (QED) is 0.856. The van der Waals surface area contributed by atoms with Crippen molar-refractivity contribution in [3.05, 3.63) is 63.4 Å². The summed E-state index contributed by atoms with van der Waals surface area (Å²) in [5.74, 6) is -1.14. The lowest BCUT2D eigenvalue weighted by Gasteiger charge is -2.09. The number of amides is 1. The maximum Gasteiger partial charge on any atom is 0.258 e. The van der Waals surface area contributed by atoms with Crippen molar-refractivity contribution in [2.75, 3.05) is 5.32 Å². The number of halogens is 3. The Morgan fingerprint density at radius 1 is 1.21 bits per heavy atom. The molecule has 1 amide bonds. The van der Waals surface area contributed by atoms with Gasteiger partial charge in [-0.3, -0.25) is 4.79 Å². The van der Waals surface area contributed by atoms with Gasteiger partial charge in [0.2, 0.25) is 0 Å². The fourth-order valence-electron chi connectivity index (χ4n) is 1.59. The maximum atomic E-state index is 13.7. The van der Waals surface area contributed by atoms with Crippen molar-refractivity contribution in [1.29, 1.82) is 0 Å². The first kappa shape index (κ1) is 13.8. The van der Waals surface area contributed by atoms with Gasteiger partial charge in [-0.1, -0.05) is 35.3 Å². The van der Waals surface area contributed by atoms with E-state index >= 15 is 0 Å². The zero-order chi connectivity index (χ0) is 14.0. The van der Waals surface area contributed by atoms with Crippen LogP contribution < -0.4 is 5.32 Å². The highest BCUT2D eigenvalue weighted by molar-refractivity contribution is 6.44. The van der Waals surface area contributed by atoms with Gasteiger partial charge in [0.1, 0.15) is 5.82 Å². The second-order valence-corrected chi connectivity index (χ2v) is 4.82. The molecule has 5 heteroatoms. The highest BCUT2D eigenvalue weighted by Crippen LogP contribution is 2.29. The first-order chi connectivity index (χ1) is 8.99. The number of hydrogen-bond acceptors (Lipinski definition) is 1. The van der Waals surface area contributed by atoms with Gasteiger partial charge >= 0.3 is 0 Å². The summed E-state index contributed by atoms with van der Waals surface area (Å²) in [6.45, 7) is 1.75. The summed E-state index contributed by atoms with van der Waals surface area (Å²) in [5.41, 5.74) is 1.05.